The van der Waals surface area contributed by atoms with Gasteiger partial charge in [-0.3, -0.25) is 14.5 Å². The molecule has 1 saturated heterocycles. The molecule has 2 fully saturated rings. The predicted octanol–water partition coefficient (Wildman–Crippen LogP) is 2.78. The number of nitrogens with zero attached hydrogens (tertiary/aromatic N) is 2. The Morgan fingerprint density at radius 2 is 1.63 bits per heavy atom. The standard InChI is InChI=1S/C27H31N3O5/c31-25(32)16-29-10-5-11-30(13-12-29)26(33)23-14-18(23)15-28-27(34)35-17-24-21-8-3-1-6-19(21)20-7-2-4-9-22(20)24/h1-4,6-9,18,23-24H,5,10-17H2,(H,28,34)(H,31,32). The Balaban J connectivity index is 1.07. The van der Waals surface area contributed by atoms with Crippen LogP contribution in [0, 0.1) is 11.8 Å². The van der Waals surface area contributed by atoms with Gasteiger partial charge in [0.15, 0.2) is 0 Å². The van der Waals surface area contributed by atoms with Crippen molar-refractivity contribution in [3.63, 3.8) is 0 Å². The molecule has 2 amide bonds. The summed E-state index contributed by atoms with van der Waals surface area (Å²) in [7, 11) is 0. The number of carbonyl (C=O) groups is 3. The van der Waals surface area contributed by atoms with E-state index in [-0.39, 0.29) is 36.8 Å². The lowest BCUT2D eigenvalue weighted by molar-refractivity contribution is -0.138. The van der Waals surface area contributed by atoms with Crippen molar-refractivity contribution in [2.45, 2.75) is 18.8 Å². The number of benzene rings is 2. The van der Waals surface area contributed by atoms with E-state index < -0.39 is 12.1 Å². The number of nitrogens with one attached hydrogen (secondary N) is 1. The number of hydrogen-bond acceptors (Lipinski definition) is 5. The van der Waals surface area contributed by atoms with Crippen LogP contribution in [0.4, 0.5) is 4.79 Å². The third-order valence-electron chi connectivity index (χ3n) is 7.35. The van der Waals surface area contributed by atoms with Crippen LogP contribution in [0.15, 0.2) is 48.5 Å². The fourth-order valence-electron chi connectivity index (χ4n) is 5.41. The number of fused-ring (bicyclic) bond motifs is 3. The Bertz CT molecular complexity index is 1070. The topological polar surface area (TPSA) is 99.2 Å². The third kappa shape index (κ3) is 5.17. The van der Waals surface area contributed by atoms with Crippen LogP contribution < -0.4 is 5.32 Å². The number of aliphatic carboxylic acids is 1. The molecule has 0 spiro atoms. The lowest BCUT2D eigenvalue weighted by Gasteiger charge is -2.21. The van der Waals surface area contributed by atoms with Gasteiger partial charge in [-0.2, -0.15) is 0 Å². The Morgan fingerprint density at radius 3 is 2.31 bits per heavy atom. The highest BCUT2D eigenvalue weighted by Crippen LogP contribution is 2.44. The third-order valence-corrected chi connectivity index (χ3v) is 7.35. The van der Waals surface area contributed by atoms with Gasteiger partial charge >= 0.3 is 12.1 Å². The molecule has 2 atom stereocenters. The molecule has 8 nitrogen and oxygen atoms in total. The number of rotatable bonds is 7. The van der Waals surface area contributed by atoms with Gasteiger partial charge < -0.3 is 20.1 Å². The lowest BCUT2D eigenvalue weighted by Crippen LogP contribution is -2.38. The van der Waals surface area contributed by atoms with E-state index in [1.165, 1.54) is 22.3 Å². The number of ether oxygens (including phenoxy) is 1. The number of alkyl carbamates (subject to hydrolysis) is 1. The lowest BCUT2D eigenvalue weighted by atomic mass is 9.98. The molecule has 2 aromatic rings. The molecule has 1 heterocycles. The maximum Gasteiger partial charge on any atom is 0.407 e. The maximum absolute atomic E-state index is 12.9. The highest BCUT2D eigenvalue weighted by Gasteiger charge is 2.45. The predicted molar refractivity (Wildman–Crippen MR) is 130 cm³/mol. The minimum Gasteiger partial charge on any atom is -0.480 e. The van der Waals surface area contributed by atoms with Crippen molar-refractivity contribution < 1.29 is 24.2 Å². The van der Waals surface area contributed by atoms with E-state index in [4.69, 9.17) is 9.84 Å². The van der Waals surface area contributed by atoms with Gasteiger partial charge in [-0.25, -0.2) is 4.79 Å². The summed E-state index contributed by atoms with van der Waals surface area (Å²) in [5.74, 6) is -0.656. The Hall–Kier alpha value is -3.39. The molecule has 2 aromatic carbocycles. The van der Waals surface area contributed by atoms with Crippen molar-refractivity contribution in [1.29, 1.82) is 0 Å². The van der Waals surface area contributed by atoms with Gasteiger partial charge in [-0.05, 0) is 41.0 Å². The summed E-state index contributed by atoms with van der Waals surface area (Å²) in [6.07, 6.45) is 1.08. The molecule has 0 radical (unpaired) electrons. The average Bonchev–Trinajstić information content (AvgIpc) is 3.61. The van der Waals surface area contributed by atoms with E-state index in [0.717, 1.165) is 12.8 Å². The number of hydrogen-bond donors (Lipinski definition) is 2. The van der Waals surface area contributed by atoms with Crippen molar-refractivity contribution in [3.05, 3.63) is 59.7 Å². The van der Waals surface area contributed by atoms with Crippen LogP contribution in [0.3, 0.4) is 0 Å². The minimum absolute atomic E-state index is 0.0120. The van der Waals surface area contributed by atoms with E-state index in [0.29, 0.717) is 32.7 Å². The molecule has 2 aliphatic carbocycles. The van der Waals surface area contributed by atoms with Crippen LogP contribution in [0.25, 0.3) is 11.1 Å². The average molecular weight is 478 g/mol. The largest absolute Gasteiger partial charge is 0.480 e. The fourth-order valence-corrected chi connectivity index (χ4v) is 5.41. The molecule has 1 saturated carbocycles. The van der Waals surface area contributed by atoms with Gasteiger partial charge in [0.05, 0.1) is 6.54 Å². The van der Waals surface area contributed by atoms with Crippen LogP contribution in [0.5, 0.6) is 0 Å². The van der Waals surface area contributed by atoms with E-state index in [2.05, 4.69) is 29.6 Å². The summed E-state index contributed by atoms with van der Waals surface area (Å²) in [6, 6.07) is 16.5. The highest BCUT2D eigenvalue weighted by molar-refractivity contribution is 5.82. The molecular formula is C27H31N3O5. The first kappa shape index (κ1) is 23.4. The van der Waals surface area contributed by atoms with E-state index in [1.807, 2.05) is 34.1 Å². The first-order valence-electron chi connectivity index (χ1n) is 12.3. The molecule has 5 rings (SSSR count). The summed E-state index contributed by atoms with van der Waals surface area (Å²) >= 11 is 0. The molecular weight excluding hydrogens is 446 g/mol. The maximum atomic E-state index is 12.9. The monoisotopic (exact) mass is 477 g/mol. The molecule has 184 valence electrons. The Labute approximate surface area is 204 Å². The Kier molecular flexibility index (Phi) is 6.72. The van der Waals surface area contributed by atoms with Gasteiger partial charge in [0.2, 0.25) is 5.91 Å². The molecule has 0 aromatic heterocycles. The summed E-state index contributed by atoms with van der Waals surface area (Å²) in [6.45, 7) is 3.17. The van der Waals surface area contributed by atoms with Crippen LogP contribution in [-0.4, -0.2) is 78.8 Å². The first-order chi connectivity index (χ1) is 17.0. The summed E-state index contributed by atoms with van der Waals surface area (Å²) in [5, 5.41) is 11.8. The van der Waals surface area contributed by atoms with Gasteiger partial charge in [0.1, 0.15) is 6.61 Å². The van der Waals surface area contributed by atoms with Crippen molar-refractivity contribution in [1.82, 2.24) is 15.1 Å². The highest BCUT2D eigenvalue weighted by atomic mass is 16.5. The van der Waals surface area contributed by atoms with Gasteiger partial charge in [-0.15, -0.1) is 0 Å². The molecule has 2 N–H and O–H groups in total. The first-order valence-corrected chi connectivity index (χ1v) is 12.3. The SMILES string of the molecule is O=C(O)CN1CCCN(C(=O)C2CC2CNC(=O)OCC2c3ccccc3-c3ccccc32)CC1. The van der Waals surface area contributed by atoms with Crippen molar-refractivity contribution in [2.75, 3.05) is 45.9 Å². The normalized spacial score (nSPS) is 21.5. The van der Waals surface area contributed by atoms with Crippen molar-refractivity contribution in [2.24, 2.45) is 11.8 Å². The van der Waals surface area contributed by atoms with E-state index in [1.54, 1.807) is 0 Å². The zero-order chi connectivity index (χ0) is 24.4. The second kappa shape index (κ2) is 10.1. The van der Waals surface area contributed by atoms with E-state index in [9.17, 15) is 14.4 Å². The van der Waals surface area contributed by atoms with Crippen LogP contribution in [0.2, 0.25) is 0 Å². The number of carboxylic acid groups (broad SMARTS) is 1. The molecule has 2 unspecified atom stereocenters. The quantitative estimate of drug-likeness (QED) is 0.636. The van der Waals surface area contributed by atoms with Crippen molar-refractivity contribution in [3.8, 4) is 11.1 Å². The zero-order valence-electron chi connectivity index (χ0n) is 19.7. The summed E-state index contributed by atoms with van der Waals surface area (Å²) in [4.78, 5) is 40.0. The molecule has 8 heteroatoms. The molecule has 35 heavy (non-hydrogen) atoms. The second-order valence-electron chi connectivity index (χ2n) is 9.66. The molecule has 3 aliphatic rings. The van der Waals surface area contributed by atoms with Gasteiger partial charge in [-0.1, -0.05) is 48.5 Å². The molecule has 1 aliphatic heterocycles. The second-order valence-corrected chi connectivity index (χ2v) is 9.66. The number of carbonyl (C=O) groups excluding carboxylic acids is 2. The van der Waals surface area contributed by atoms with Gasteiger partial charge in [0.25, 0.3) is 0 Å². The van der Waals surface area contributed by atoms with Crippen molar-refractivity contribution >= 4 is 18.0 Å². The summed E-state index contributed by atoms with van der Waals surface area (Å²) in [5.41, 5.74) is 4.73. The van der Waals surface area contributed by atoms with E-state index >= 15 is 0 Å². The molecule has 0 bridgehead atoms. The van der Waals surface area contributed by atoms with Crippen LogP contribution in [-0.2, 0) is 14.3 Å². The number of amides is 2. The van der Waals surface area contributed by atoms with Gasteiger partial charge in [0, 0.05) is 44.6 Å². The summed E-state index contributed by atoms with van der Waals surface area (Å²) < 4.78 is 5.59. The zero-order valence-corrected chi connectivity index (χ0v) is 19.7. The smallest absolute Gasteiger partial charge is 0.407 e. The number of carboxylic acids is 1. The Morgan fingerprint density at radius 1 is 0.943 bits per heavy atom. The minimum atomic E-state index is -0.841. The van der Waals surface area contributed by atoms with Crippen LogP contribution in [0.1, 0.15) is 29.9 Å². The van der Waals surface area contributed by atoms with Crippen LogP contribution >= 0.6 is 0 Å². The fraction of sp³-hybridized carbons (Fsp3) is 0.444.